The Bertz CT molecular complexity index is 635. The number of hydrogen-bond donors (Lipinski definition) is 1. The Morgan fingerprint density at radius 2 is 1.24 bits per heavy atom. The van der Waals surface area contributed by atoms with Crippen LogP contribution in [0.4, 0.5) is 0 Å². The van der Waals surface area contributed by atoms with E-state index in [1.165, 1.54) is 6.07 Å². The molecule has 0 saturated carbocycles. The SMILES string of the molecule is Oc1ccccc1-c1nc(C(Cl)(Cl)Cl)nc(C(Cl)(Cl)Cl)n1. The quantitative estimate of drug-likeness (QED) is 0.683. The van der Waals surface area contributed by atoms with E-state index in [-0.39, 0.29) is 28.8 Å². The van der Waals surface area contributed by atoms with Gasteiger partial charge in [0.2, 0.25) is 7.59 Å². The second-order valence-electron chi connectivity index (χ2n) is 3.82. The summed E-state index contributed by atoms with van der Waals surface area (Å²) in [7, 11) is 0. The van der Waals surface area contributed by atoms with Gasteiger partial charge in [-0.05, 0) is 12.1 Å². The predicted octanol–water partition coefficient (Wildman–Crippen LogP) is 4.90. The first-order chi connectivity index (χ1) is 9.59. The van der Waals surface area contributed by atoms with Crippen LogP contribution in [0.25, 0.3) is 11.4 Å². The summed E-state index contributed by atoms with van der Waals surface area (Å²) in [6, 6.07) is 6.31. The first kappa shape index (κ1) is 17.1. The third kappa shape index (κ3) is 4.15. The number of phenolic OH excluding ortho intramolecular Hbond substituents is 1. The molecular formula is C11H5Cl6N3O. The highest BCUT2D eigenvalue weighted by atomic mass is 35.6. The zero-order valence-corrected chi connectivity index (χ0v) is 14.4. The van der Waals surface area contributed by atoms with E-state index in [0.717, 1.165) is 0 Å². The number of hydrogen-bond acceptors (Lipinski definition) is 4. The van der Waals surface area contributed by atoms with Crippen LogP contribution in [0, 0.1) is 0 Å². The molecular weight excluding hydrogens is 403 g/mol. The van der Waals surface area contributed by atoms with Crippen LogP contribution in [0.1, 0.15) is 11.6 Å². The smallest absolute Gasteiger partial charge is 0.250 e. The number of nitrogens with zero attached hydrogens (tertiary/aromatic N) is 3. The molecule has 0 unspecified atom stereocenters. The molecule has 1 aromatic heterocycles. The van der Waals surface area contributed by atoms with Crippen molar-refractivity contribution in [1.82, 2.24) is 15.0 Å². The summed E-state index contributed by atoms with van der Waals surface area (Å²) in [6.07, 6.45) is 0. The van der Waals surface area contributed by atoms with E-state index in [0.29, 0.717) is 0 Å². The van der Waals surface area contributed by atoms with Crippen molar-refractivity contribution in [3.05, 3.63) is 35.9 Å². The molecule has 0 saturated heterocycles. The molecule has 1 heterocycles. The number of benzene rings is 1. The minimum Gasteiger partial charge on any atom is -0.507 e. The fourth-order valence-corrected chi connectivity index (χ4v) is 1.92. The van der Waals surface area contributed by atoms with Crippen molar-refractivity contribution in [2.24, 2.45) is 0 Å². The van der Waals surface area contributed by atoms with Gasteiger partial charge in [-0.2, -0.15) is 0 Å². The molecule has 2 aromatic rings. The molecule has 1 N–H and O–H groups in total. The van der Waals surface area contributed by atoms with Crippen LogP contribution < -0.4 is 0 Å². The molecule has 0 bridgehead atoms. The molecule has 2 rings (SSSR count). The number of alkyl halides is 6. The van der Waals surface area contributed by atoms with Gasteiger partial charge in [-0.15, -0.1) is 0 Å². The molecule has 0 aliphatic heterocycles. The van der Waals surface area contributed by atoms with E-state index in [9.17, 15) is 5.11 Å². The van der Waals surface area contributed by atoms with Crippen LogP contribution in [0.2, 0.25) is 0 Å². The zero-order chi connectivity index (χ0) is 15.8. The third-order valence-corrected chi connectivity index (χ3v) is 3.30. The Hall–Kier alpha value is -0.230. The molecule has 4 nitrogen and oxygen atoms in total. The highest BCUT2D eigenvalue weighted by molar-refractivity contribution is 6.67. The average molecular weight is 408 g/mol. The van der Waals surface area contributed by atoms with Gasteiger partial charge in [0.25, 0.3) is 0 Å². The normalized spacial score (nSPS) is 12.5. The van der Waals surface area contributed by atoms with Crippen LogP contribution >= 0.6 is 69.6 Å². The predicted molar refractivity (Wildman–Crippen MR) is 85.4 cm³/mol. The summed E-state index contributed by atoms with van der Waals surface area (Å²) in [5.41, 5.74) is 0.283. The summed E-state index contributed by atoms with van der Waals surface area (Å²) < 4.78 is -3.88. The van der Waals surface area contributed by atoms with Crippen molar-refractivity contribution in [1.29, 1.82) is 0 Å². The molecule has 0 fully saturated rings. The maximum absolute atomic E-state index is 9.85. The maximum atomic E-state index is 9.85. The topological polar surface area (TPSA) is 58.9 Å². The summed E-state index contributed by atoms with van der Waals surface area (Å²) >= 11 is 34.6. The average Bonchev–Trinajstić information content (AvgIpc) is 2.36. The largest absolute Gasteiger partial charge is 0.507 e. The van der Waals surface area contributed by atoms with E-state index in [1.807, 2.05) is 0 Å². The van der Waals surface area contributed by atoms with Gasteiger partial charge in [-0.3, -0.25) is 0 Å². The number of para-hydroxylation sites is 1. The lowest BCUT2D eigenvalue weighted by Gasteiger charge is -2.15. The van der Waals surface area contributed by atoms with E-state index < -0.39 is 7.59 Å². The molecule has 1 aromatic carbocycles. The molecule has 0 amide bonds. The zero-order valence-electron chi connectivity index (χ0n) is 9.87. The number of phenols is 1. The summed E-state index contributed by atoms with van der Waals surface area (Å²) in [5, 5.41) is 9.85. The second kappa shape index (κ2) is 6.11. The molecule has 0 atom stereocenters. The standard InChI is InChI=1S/C11H5Cl6N3O/c12-10(13,14)8-18-7(5-3-1-2-4-6(5)21)19-9(20-8)11(15,16)17/h1-4,21H. The highest BCUT2D eigenvalue weighted by Gasteiger charge is 2.34. The first-order valence-corrected chi connectivity index (χ1v) is 7.54. The van der Waals surface area contributed by atoms with Crippen LogP contribution in [-0.2, 0) is 7.59 Å². The van der Waals surface area contributed by atoms with Crippen molar-refractivity contribution in [2.45, 2.75) is 7.59 Å². The van der Waals surface area contributed by atoms with Gasteiger partial charge >= 0.3 is 0 Å². The number of rotatable bonds is 1. The fourth-order valence-electron chi connectivity index (χ4n) is 1.41. The summed E-state index contributed by atoms with van der Waals surface area (Å²) in [4.78, 5) is 11.8. The van der Waals surface area contributed by atoms with Gasteiger partial charge in [-0.25, -0.2) is 15.0 Å². The minimum atomic E-state index is -1.94. The first-order valence-electron chi connectivity index (χ1n) is 5.28. The van der Waals surface area contributed by atoms with E-state index in [1.54, 1.807) is 18.2 Å². The van der Waals surface area contributed by atoms with E-state index >= 15 is 0 Å². The molecule has 10 heteroatoms. The van der Waals surface area contributed by atoms with E-state index in [2.05, 4.69) is 15.0 Å². The maximum Gasteiger partial charge on any atom is 0.250 e. The van der Waals surface area contributed by atoms with Crippen molar-refractivity contribution < 1.29 is 5.11 Å². The molecule has 0 aliphatic rings. The Morgan fingerprint density at radius 1 is 0.762 bits per heavy atom. The van der Waals surface area contributed by atoms with Crippen molar-refractivity contribution in [3.8, 4) is 17.1 Å². The lowest BCUT2D eigenvalue weighted by molar-refractivity contribution is 0.477. The van der Waals surface area contributed by atoms with Gasteiger partial charge in [0, 0.05) is 0 Å². The Balaban J connectivity index is 2.70. The van der Waals surface area contributed by atoms with Gasteiger partial charge in [0.1, 0.15) is 5.75 Å². The monoisotopic (exact) mass is 405 g/mol. The van der Waals surface area contributed by atoms with Crippen LogP contribution in [0.5, 0.6) is 5.75 Å². The third-order valence-electron chi connectivity index (χ3n) is 2.29. The lowest BCUT2D eigenvalue weighted by atomic mass is 10.2. The molecule has 0 radical (unpaired) electrons. The van der Waals surface area contributed by atoms with Gasteiger partial charge in [0.05, 0.1) is 5.56 Å². The molecule has 21 heavy (non-hydrogen) atoms. The number of aromatic hydroxyl groups is 1. The highest BCUT2D eigenvalue weighted by Crippen LogP contribution is 2.41. The van der Waals surface area contributed by atoms with Crippen LogP contribution in [0.15, 0.2) is 24.3 Å². The molecule has 0 aliphatic carbocycles. The Kier molecular flexibility index (Phi) is 4.98. The number of aromatic nitrogens is 3. The van der Waals surface area contributed by atoms with Crippen LogP contribution in [0.3, 0.4) is 0 Å². The van der Waals surface area contributed by atoms with E-state index in [4.69, 9.17) is 69.6 Å². The van der Waals surface area contributed by atoms with Crippen molar-refractivity contribution in [3.63, 3.8) is 0 Å². The Morgan fingerprint density at radius 3 is 1.67 bits per heavy atom. The molecule has 0 spiro atoms. The van der Waals surface area contributed by atoms with Gasteiger partial charge in [0.15, 0.2) is 17.5 Å². The minimum absolute atomic E-state index is 0.0192. The Labute approximate surface area is 149 Å². The van der Waals surface area contributed by atoms with Crippen molar-refractivity contribution in [2.75, 3.05) is 0 Å². The lowest BCUT2D eigenvalue weighted by Crippen LogP contribution is -2.16. The summed E-state index contributed by atoms with van der Waals surface area (Å²) in [6.45, 7) is 0. The van der Waals surface area contributed by atoms with Gasteiger partial charge < -0.3 is 5.11 Å². The van der Waals surface area contributed by atoms with Crippen LogP contribution in [-0.4, -0.2) is 20.1 Å². The molecule has 112 valence electrons. The number of halogens is 6. The fraction of sp³-hybridized carbons (Fsp3) is 0.182. The second-order valence-corrected chi connectivity index (χ2v) is 8.38. The summed E-state index contributed by atoms with van der Waals surface area (Å²) in [5.74, 6) is -0.496. The van der Waals surface area contributed by atoms with Gasteiger partial charge in [-0.1, -0.05) is 81.7 Å². The van der Waals surface area contributed by atoms with Crippen molar-refractivity contribution >= 4 is 69.6 Å².